The molecule has 1 aliphatic rings. The van der Waals surface area contributed by atoms with E-state index in [9.17, 15) is 0 Å². The Labute approximate surface area is 112 Å². The molecule has 2 rings (SSSR count). The third kappa shape index (κ3) is 2.95. The first-order valence-electron chi connectivity index (χ1n) is 5.90. The summed E-state index contributed by atoms with van der Waals surface area (Å²) in [6.45, 7) is 4.03. The van der Waals surface area contributed by atoms with Crippen LogP contribution in [0.4, 0.5) is 0 Å². The van der Waals surface area contributed by atoms with Gasteiger partial charge >= 0.3 is 0 Å². The van der Waals surface area contributed by atoms with E-state index in [4.69, 9.17) is 31.9 Å². The molecule has 0 aliphatic carbocycles. The number of nitrogens with two attached hydrogens (primary N) is 1. The van der Waals surface area contributed by atoms with Crippen molar-refractivity contribution in [2.75, 3.05) is 26.4 Å². The number of rotatable bonds is 5. The number of aliphatic hydroxyl groups is 1. The minimum atomic E-state index is -0.408. The van der Waals surface area contributed by atoms with E-state index in [1.54, 1.807) is 12.1 Å². The van der Waals surface area contributed by atoms with Gasteiger partial charge in [0.1, 0.15) is 5.75 Å². The molecule has 1 aromatic rings. The fraction of sp³-hybridized carbons (Fsp3) is 0.538. The maximum atomic E-state index is 8.98. The lowest BCUT2D eigenvalue weighted by Crippen LogP contribution is -2.44. The molecule has 0 amide bonds. The van der Waals surface area contributed by atoms with Gasteiger partial charge in [-0.25, -0.2) is 0 Å². The first kappa shape index (κ1) is 13.6. The van der Waals surface area contributed by atoms with Gasteiger partial charge in [-0.2, -0.15) is 0 Å². The highest BCUT2D eigenvalue weighted by Crippen LogP contribution is 2.31. The summed E-state index contributed by atoms with van der Waals surface area (Å²) >= 11 is 6.13. The summed E-state index contributed by atoms with van der Waals surface area (Å²) in [6, 6.07) is 4.93. The Morgan fingerprint density at radius 2 is 2.28 bits per heavy atom. The fourth-order valence-electron chi connectivity index (χ4n) is 1.76. The molecule has 5 heteroatoms. The quantitative estimate of drug-likeness (QED) is 0.856. The molecule has 1 atom stereocenters. The molecule has 1 fully saturated rings. The van der Waals surface area contributed by atoms with E-state index in [0.717, 1.165) is 18.8 Å². The van der Waals surface area contributed by atoms with Crippen LogP contribution in [0.3, 0.4) is 0 Å². The van der Waals surface area contributed by atoms with Crippen LogP contribution in [0.2, 0.25) is 5.02 Å². The van der Waals surface area contributed by atoms with Crippen LogP contribution in [0.25, 0.3) is 0 Å². The van der Waals surface area contributed by atoms with Crippen molar-refractivity contribution in [2.45, 2.75) is 13.0 Å². The second-order valence-electron chi connectivity index (χ2n) is 5.07. The lowest BCUT2D eigenvalue weighted by atomic mass is 9.90. The molecule has 0 aromatic heterocycles. The first-order valence-corrected chi connectivity index (χ1v) is 6.28. The van der Waals surface area contributed by atoms with Gasteiger partial charge in [-0.3, -0.25) is 0 Å². The Morgan fingerprint density at radius 1 is 1.56 bits per heavy atom. The lowest BCUT2D eigenvalue weighted by molar-refractivity contribution is -0.120. The van der Waals surface area contributed by atoms with E-state index in [1.165, 1.54) is 0 Å². The van der Waals surface area contributed by atoms with E-state index in [-0.39, 0.29) is 12.0 Å². The van der Waals surface area contributed by atoms with Crippen molar-refractivity contribution >= 4 is 11.6 Å². The Morgan fingerprint density at radius 3 is 2.78 bits per heavy atom. The lowest BCUT2D eigenvalue weighted by Gasteiger charge is -2.37. The Bertz CT molecular complexity index is 421. The van der Waals surface area contributed by atoms with E-state index >= 15 is 0 Å². The highest BCUT2D eigenvalue weighted by atomic mass is 35.5. The number of aliphatic hydroxyl groups excluding tert-OH is 1. The molecule has 1 heterocycles. The van der Waals surface area contributed by atoms with Crippen LogP contribution < -0.4 is 10.5 Å². The zero-order valence-electron chi connectivity index (χ0n) is 10.4. The van der Waals surface area contributed by atoms with Crippen molar-refractivity contribution in [1.29, 1.82) is 0 Å². The van der Waals surface area contributed by atoms with Gasteiger partial charge < -0.3 is 20.3 Å². The standard InChI is InChI=1S/C13H18ClNO3/c1-13(6-17-7-13)8-18-12-3-2-9(4-10(12)14)11(15)5-16/h2-4,11,16H,5-8,15H2,1H3. The average Bonchev–Trinajstić information content (AvgIpc) is 2.34. The van der Waals surface area contributed by atoms with Crippen molar-refractivity contribution in [1.82, 2.24) is 0 Å². The zero-order valence-corrected chi connectivity index (χ0v) is 11.1. The minimum absolute atomic E-state index is 0.0868. The summed E-state index contributed by atoms with van der Waals surface area (Å²) < 4.78 is 10.9. The molecule has 0 spiro atoms. The van der Waals surface area contributed by atoms with Gasteiger partial charge in [0.2, 0.25) is 0 Å². The molecule has 0 saturated carbocycles. The normalized spacial score (nSPS) is 19.1. The Kier molecular flexibility index (Phi) is 4.12. The molecule has 3 N–H and O–H groups in total. The molecule has 100 valence electrons. The van der Waals surface area contributed by atoms with Crippen LogP contribution >= 0.6 is 11.6 Å². The van der Waals surface area contributed by atoms with E-state index in [2.05, 4.69) is 6.92 Å². The summed E-state index contributed by atoms with van der Waals surface area (Å²) in [5.74, 6) is 0.638. The summed E-state index contributed by atoms with van der Waals surface area (Å²) in [5.41, 5.74) is 6.61. The maximum absolute atomic E-state index is 8.98. The largest absolute Gasteiger partial charge is 0.491 e. The number of hydrogen-bond donors (Lipinski definition) is 2. The van der Waals surface area contributed by atoms with Crippen LogP contribution in [0.1, 0.15) is 18.5 Å². The van der Waals surface area contributed by atoms with Crippen molar-refractivity contribution in [2.24, 2.45) is 11.1 Å². The molecule has 1 saturated heterocycles. The number of ether oxygens (including phenoxy) is 2. The monoisotopic (exact) mass is 271 g/mol. The molecule has 0 radical (unpaired) electrons. The molecule has 4 nitrogen and oxygen atoms in total. The van der Waals surface area contributed by atoms with Gasteiger partial charge in [-0.1, -0.05) is 24.6 Å². The molecule has 18 heavy (non-hydrogen) atoms. The van der Waals surface area contributed by atoms with Crippen LogP contribution in [0, 0.1) is 5.41 Å². The fourth-order valence-corrected chi connectivity index (χ4v) is 2.00. The summed E-state index contributed by atoms with van der Waals surface area (Å²) in [6.07, 6.45) is 0. The number of benzene rings is 1. The van der Waals surface area contributed by atoms with Crippen molar-refractivity contribution in [3.8, 4) is 5.75 Å². The van der Waals surface area contributed by atoms with Gasteiger partial charge in [0, 0.05) is 5.41 Å². The number of hydrogen-bond acceptors (Lipinski definition) is 4. The third-order valence-electron chi connectivity index (χ3n) is 3.06. The topological polar surface area (TPSA) is 64.7 Å². The molecular weight excluding hydrogens is 254 g/mol. The second-order valence-corrected chi connectivity index (χ2v) is 5.48. The SMILES string of the molecule is CC1(COc2ccc(C(N)CO)cc2Cl)COC1. The highest BCUT2D eigenvalue weighted by Gasteiger charge is 2.34. The summed E-state index contributed by atoms with van der Waals surface area (Å²) in [4.78, 5) is 0. The smallest absolute Gasteiger partial charge is 0.137 e. The first-order chi connectivity index (χ1) is 8.54. The van der Waals surface area contributed by atoms with E-state index in [1.807, 2.05) is 6.07 Å². The Hall–Kier alpha value is -0.810. The molecule has 1 aliphatic heterocycles. The Balaban J connectivity index is 2.01. The van der Waals surface area contributed by atoms with Gasteiger partial charge in [0.25, 0.3) is 0 Å². The van der Waals surface area contributed by atoms with E-state index < -0.39 is 6.04 Å². The maximum Gasteiger partial charge on any atom is 0.137 e. The minimum Gasteiger partial charge on any atom is -0.491 e. The summed E-state index contributed by atoms with van der Waals surface area (Å²) in [7, 11) is 0. The van der Waals surface area contributed by atoms with Gasteiger partial charge in [-0.15, -0.1) is 0 Å². The van der Waals surface area contributed by atoms with Crippen LogP contribution in [-0.4, -0.2) is 31.5 Å². The van der Waals surface area contributed by atoms with Crippen molar-refractivity contribution < 1.29 is 14.6 Å². The zero-order chi connectivity index (χ0) is 13.2. The van der Waals surface area contributed by atoms with Crippen LogP contribution in [-0.2, 0) is 4.74 Å². The van der Waals surface area contributed by atoms with Crippen molar-refractivity contribution in [3.05, 3.63) is 28.8 Å². The summed E-state index contributed by atoms with van der Waals surface area (Å²) in [5, 5.41) is 9.50. The van der Waals surface area contributed by atoms with Crippen LogP contribution in [0.15, 0.2) is 18.2 Å². The average molecular weight is 272 g/mol. The third-order valence-corrected chi connectivity index (χ3v) is 3.35. The molecule has 1 aromatic carbocycles. The predicted molar refractivity (Wildman–Crippen MR) is 69.9 cm³/mol. The molecule has 1 unspecified atom stereocenters. The van der Waals surface area contributed by atoms with Gasteiger partial charge in [0.15, 0.2) is 0 Å². The highest BCUT2D eigenvalue weighted by molar-refractivity contribution is 6.32. The van der Waals surface area contributed by atoms with Crippen molar-refractivity contribution in [3.63, 3.8) is 0 Å². The van der Waals surface area contributed by atoms with Crippen LogP contribution in [0.5, 0.6) is 5.75 Å². The van der Waals surface area contributed by atoms with Gasteiger partial charge in [-0.05, 0) is 17.7 Å². The predicted octanol–water partition coefficient (Wildman–Crippen LogP) is 1.75. The second kappa shape index (κ2) is 5.45. The van der Waals surface area contributed by atoms with Gasteiger partial charge in [0.05, 0.1) is 37.5 Å². The number of halogens is 1. The molecular formula is C13H18ClNO3. The molecule has 0 bridgehead atoms. The van der Waals surface area contributed by atoms with E-state index in [0.29, 0.717) is 17.4 Å².